The maximum Gasteiger partial charge on any atom is 0.410 e. The van der Waals surface area contributed by atoms with Crippen LogP contribution in [-0.4, -0.2) is 95.5 Å². The predicted octanol–water partition coefficient (Wildman–Crippen LogP) is 3.94. The predicted molar refractivity (Wildman–Crippen MR) is 172 cm³/mol. The fraction of sp³-hybridized carbons (Fsp3) is 0.543. The van der Waals surface area contributed by atoms with E-state index < -0.39 is 17.6 Å². The summed E-state index contributed by atoms with van der Waals surface area (Å²) in [6.45, 7) is 11.3. The van der Waals surface area contributed by atoms with Gasteiger partial charge in [-0.2, -0.15) is 0 Å². The van der Waals surface area contributed by atoms with Gasteiger partial charge >= 0.3 is 6.09 Å². The molecule has 2 aromatic rings. The normalized spacial score (nSPS) is 22.5. The maximum absolute atomic E-state index is 13.0. The smallest absolute Gasteiger partial charge is 0.410 e. The zero-order valence-corrected chi connectivity index (χ0v) is 27.1. The molecule has 6 rings (SSSR count). The second-order valence-corrected chi connectivity index (χ2v) is 13.8. The van der Waals surface area contributed by atoms with E-state index in [0.29, 0.717) is 38.2 Å². The van der Waals surface area contributed by atoms with Crippen LogP contribution in [0.5, 0.6) is 5.75 Å². The Balaban J connectivity index is 1.01. The van der Waals surface area contributed by atoms with E-state index in [1.807, 2.05) is 32.9 Å². The second-order valence-electron chi connectivity index (χ2n) is 13.8. The first-order valence-corrected chi connectivity index (χ1v) is 16.5. The number of likely N-dealkylation sites (tertiary alicyclic amines) is 1. The number of hydrogen-bond acceptors (Lipinski definition) is 8. The molecule has 11 heteroatoms. The highest BCUT2D eigenvalue weighted by Gasteiger charge is 2.39. The van der Waals surface area contributed by atoms with E-state index in [0.717, 1.165) is 56.0 Å². The highest BCUT2D eigenvalue weighted by atomic mass is 16.6. The number of rotatable bonds is 7. The third-order valence-electron chi connectivity index (χ3n) is 9.30. The number of nitrogens with zero attached hydrogens (tertiary/aromatic N) is 4. The van der Waals surface area contributed by atoms with Crippen LogP contribution in [0.3, 0.4) is 0 Å². The first-order valence-electron chi connectivity index (χ1n) is 16.5. The van der Waals surface area contributed by atoms with Gasteiger partial charge in [-0.1, -0.05) is 18.6 Å². The number of piperazine rings is 1. The molecule has 0 aromatic heterocycles. The molecular formula is C35H45N5O6. The number of fused-ring (bicyclic) bond motifs is 1. The number of carbonyl (C=O) groups excluding carboxylic acids is 4. The molecule has 0 spiro atoms. The summed E-state index contributed by atoms with van der Waals surface area (Å²) in [6, 6.07) is 14.0. The van der Waals surface area contributed by atoms with Crippen molar-refractivity contribution in [3.05, 3.63) is 59.2 Å². The molecule has 1 unspecified atom stereocenters. The molecule has 3 saturated heterocycles. The Kier molecular flexibility index (Phi) is 9.22. The third-order valence-corrected chi connectivity index (χ3v) is 9.30. The van der Waals surface area contributed by atoms with E-state index in [1.165, 1.54) is 12.0 Å². The molecule has 3 fully saturated rings. The minimum Gasteiger partial charge on any atom is -0.492 e. The van der Waals surface area contributed by atoms with Gasteiger partial charge in [-0.05, 0) is 88.0 Å². The van der Waals surface area contributed by atoms with Crippen molar-refractivity contribution >= 4 is 29.5 Å². The molecule has 4 aliphatic rings. The van der Waals surface area contributed by atoms with E-state index in [2.05, 4.69) is 39.4 Å². The van der Waals surface area contributed by atoms with Gasteiger partial charge in [0.15, 0.2) is 0 Å². The molecule has 11 nitrogen and oxygen atoms in total. The molecule has 46 heavy (non-hydrogen) atoms. The van der Waals surface area contributed by atoms with Crippen LogP contribution in [0.2, 0.25) is 0 Å². The summed E-state index contributed by atoms with van der Waals surface area (Å²) in [5, 5.41) is 2.35. The monoisotopic (exact) mass is 631 g/mol. The summed E-state index contributed by atoms with van der Waals surface area (Å²) in [7, 11) is 0. The summed E-state index contributed by atoms with van der Waals surface area (Å²) >= 11 is 0. The number of anilines is 1. The fourth-order valence-corrected chi connectivity index (χ4v) is 6.81. The summed E-state index contributed by atoms with van der Waals surface area (Å²) in [4.78, 5) is 57.6. The Morgan fingerprint density at radius 3 is 2.41 bits per heavy atom. The Morgan fingerprint density at radius 1 is 0.935 bits per heavy atom. The van der Waals surface area contributed by atoms with Gasteiger partial charge in [0, 0.05) is 63.0 Å². The Hall–Kier alpha value is -4.12. The number of amides is 4. The minimum absolute atomic E-state index is 0.177. The van der Waals surface area contributed by atoms with Gasteiger partial charge in [-0.25, -0.2) is 4.79 Å². The molecule has 0 aliphatic carbocycles. The van der Waals surface area contributed by atoms with Crippen LogP contribution >= 0.6 is 0 Å². The second kappa shape index (κ2) is 13.3. The van der Waals surface area contributed by atoms with Crippen LogP contribution in [0.15, 0.2) is 42.5 Å². The standard InChI is InChI=1S/C35H45N5O6/c1-35(2,3)46-34(44)38-18-16-37(17-19-38)26-9-7-24(8-10-26)21-39-15-5-4-6-27(39)23-45-28-11-12-29-25(20-28)22-40(33(29)43)30-13-14-31(41)36-32(30)42/h7-12,20,27,30H,4-6,13-19,21-23H2,1-3H3,(H,36,41,42)/t27-,30?/m1/s1. The Bertz CT molecular complexity index is 1460. The van der Waals surface area contributed by atoms with E-state index in [9.17, 15) is 19.2 Å². The van der Waals surface area contributed by atoms with Crippen LogP contribution in [0.25, 0.3) is 0 Å². The molecule has 0 saturated carbocycles. The Labute approximate surface area is 270 Å². The maximum atomic E-state index is 13.0. The lowest BCUT2D eigenvalue weighted by atomic mass is 10.0. The lowest BCUT2D eigenvalue weighted by Gasteiger charge is -2.37. The SMILES string of the molecule is CC(C)(C)OC(=O)N1CCN(c2ccc(CN3CCCC[C@@H]3COc3ccc4c(c3)CN(C3CCC(=O)NC3=O)C4=O)cc2)CC1. The van der Waals surface area contributed by atoms with Crippen molar-refractivity contribution in [3.63, 3.8) is 0 Å². The van der Waals surface area contributed by atoms with Crippen LogP contribution in [0.1, 0.15) is 74.4 Å². The zero-order chi connectivity index (χ0) is 32.4. The molecule has 0 bridgehead atoms. The number of benzene rings is 2. The number of ether oxygens (including phenoxy) is 2. The highest BCUT2D eigenvalue weighted by molar-refractivity contribution is 6.05. The van der Waals surface area contributed by atoms with E-state index >= 15 is 0 Å². The first kappa shape index (κ1) is 31.8. The molecule has 2 atom stereocenters. The summed E-state index contributed by atoms with van der Waals surface area (Å²) < 4.78 is 11.8. The van der Waals surface area contributed by atoms with E-state index in [4.69, 9.17) is 9.47 Å². The van der Waals surface area contributed by atoms with Crippen LogP contribution < -0.4 is 15.0 Å². The number of piperidine rings is 2. The first-order chi connectivity index (χ1) is 22.0. The van der Waals surface area contributed by atoms with Crippen molar-refractivity contribution in [2.45, 2.75) is 83.6 Å². The van der Waals surface area contributed by atoms with Gasteiger partial charge in [0.05, 0.1) is 0 Å². The quantitative estimate of drug-likeness (QED) is 0.458. The number of carbonyl (C=O) groups is 4. The fourth-order valence-electron chi connectivity index (χ4n) is 6.81. The number of imide groups is 1. The number of nitrogens with one attached hydrogen (secondary N) is 1. The molecule has 4 aliphatic heterocycles. The summed E-state index contributed by atoms with van der Waals surface area (Å²) in [5.41, 5.74) is 3.37. The lowest BCUT2D eigenvalue weighted by molar-refractivity contribution is -0.136. The summed E-state index contributed by atoms with van der Waals surface area (Å²) in [5.74, 6) is -0.150. The van der Waals surface area contributed by atoms with Gasteiger partial charge in [-0.15, -0.1) is 0 Å². The van der Waals surface area contributed by atoms with Gasteiger partial charge in [-0.3, -0.25) is 24.6 Å². The van der Waals surface area contributed by atoms with Gasteiger partial charge in [0.1, 0.15) is 24.0 Å². The summed E-state index contributed by atoms with van der Waals surface area (Å²) in [6.07, 6.45) is 3.73. The van der Waals surface area contributed by atoms with Crippen molar-refractivity contribution in [1.82, 2.24) is 20.0 Å². The van der Waals surface area contributed by atoms with Crippen LogP contribution in [-0.2, 0) is 27.4 Å². The van der Waals surface area contributed by atoms with Crippen LogP contribution in [0, 0.1) is 0 Å². The van der Waals surface area contributed by atoms with Gasteiger partial charge < -0.3 is 24.2 Å². The highest BCUT2D eigenvalue weighted by Crippen LogP contribution is 2.31. The van der Waals surface area contributed by atoms with Crippen molar-refractivity contribution in [2.75, 3.05) is 44.2 Å². The minimum atomic E-state index is -0.624. The molecule has 4 heterocycles. The largest absolute Gasteiger partial charge is 0.492 e. The van der Waals surface area contributed by atoms with E-state index in [-0.39, 0.29) is 30.4 Å². The van der Waals surface area contributed by atoms with Crippen molar-refractivity contribution < 1.29 is 28.7 Å². The Morgan fingerprint density at radius 2 is 1.70 bits per heavy atom. The molecule has 1 N–H and O–H groups in total. The molecule has 4 amide bonds. The molecule has 2 aromatic carbocycles. The van der Waals surface area contributed by atoms with Crippen molar-refractivity contribution in [2.24, 2.45) is 0 Å². The lowest BCUT2D eigenvalue weighted by Crippen LogP contribution is -2.52. The van der Waals surface area contributed by atoms with Gasteiger partial charge in [0.2, 0.25) is 11.8 Å². The zero-order valence-electron chi connectivity index (χ0n) is 27.1. The third kappa shape index (κ3) is 7.30. The average Bonchev–Trinajstić information content (AvgIpc) is 3.35. The molecule has 0 radical (unpaired) electrons. The number of hydrogen-bond donors (Lipinski definition) is 1. The van der Waals surface area contributed by atoms with Gasteiger partial charge in [0.25, 0.3) is 5.91 Å². The van der Waals surface area contributed by atoms with Crippen molar-refractivity contribution in [1.29, 1.82) is 0 Å². The molecular weight excluding hydrogens is 586 g/mol. The molecule has 246 valence electrons. The topological polar surface area (TPSA) is 112 Å². The average molecular weight is 632 g/mol. The van der Waals surface area contributed by atoms with Crippen molar-refractivity contribution in [3.8, 4) is 5.75 Å². The van der Waals surface area contributed by atoms with E-state index in [1.54, 1.807) is 15.9 Å². The van der Waals surface area contributed by atoms with Crippen LogP contribution in [0.4, 0.5) is 10.5 Å².